The monoisotopic (exact) mass is 290 g/mol. The van der Waals surface area contributed by atoms with Crippen LogP contribution in [0.1, 0.15) is 32.8 Å². The van der Waals surface area contributed by atoms with Crippen LogP contribution in [0.2, 0.25) is 0 Å². The second-order valence-electron chi connectivity index (χ2n) is 7.02. The molecule has 1 amide bonds. The van der Waals surface area contributed by atoms with Gasteiger partial charge in [-0.15, -0.1) is 0 Å². The SMILES string of the molecule is CC(C)(C)OC(=O)N1CCC(CN)(Cc2ccccc2)C1. The molecular formula is C17H26N2O2. The van der Waals surface area contributed by atoms with Gasteiger partial charge in [0.2, 0.25) is 0 Å². The number of carbonyl (C=O) groups excluding carboxylic acids is 1. The molecule has 1 heterocycles. The first-order chi connectivity index (χ1) is 9.84. The number of amides is 1. The van der Waals surface area contributed by atoms with Crippen LogP contribution in [0.25, 0.3) is 0 Å². The summed E-state index contributed by atoms with van der Waals surface area (Å²) in [5.74, 6) is 0. The zero-order valence-electron chi connectivity index (χ0n) is 13.3. The smallest absolute Gasteiger partial charge is 0.410 e. The van der Waals surface area contributed by atoms with Gasteiger partial charge in [0.1, 0.15) is 5.60 Å². The molecule has 0 saturated carbocycles. The minimum absolute atomic E-state index is 0.0295. The summed E-state index contributed by atoms with van der Waals surface area (Å²) < 4.78 is 5.46. The van der Waals surface area contributed by atoms with E-state index in [4.69, 9.17) is 10.5 Å². The molecule has 116 valence electrons. The lowest BCUT2D eigenvalue weighted by atomic mass is 9.81. The zero-order valence-corrected chi connectivity index (χ0v) is 13.3. The molecule has 4 nitrogen and oxygen atoms in total. The first-order valence-corrected chi connectivity index (χ1v) is 7.56. The molecule has 0 aliphatic carbocycles. The first kappa shape index (κ1) is 15.8. The summed E-state index contributed by atoms with van der Waals surface area (Å²) in [7, 11) is 0. The highest BCUT2D eigenvalue weighted by Gasteiger charge is 2.40. The third-order valence-corrected chi connectivity index (χ3v) is 3.94. The average Bonchev–Trinajstić information content (AvgIpc) is 2.83. The molecule has 1 aliphatic rings. The lowest BCUT2D eigenvalue weighted by Gasteiger charge is -2.29. The summed E-state index contributed by atoms with van der Waals surface area (Å²) in [5.41, 5.74) is 6.82. The fraction of sp³-hybridized carbons (Fsp3) is 0.588. The van der Waals surface area contributed by atoms with Crippen molar-refractivity contribution in [3.8, 4) is 0 Å². The highest BCUT2D eigenvalue weighted by molar-refractivity contribution is 5.68. The maximum absolute atomic E-state index is 12.2. The van der Waals surface area contributed by atoms with E-state index >= 15 is 0 Å². The van der Waals surface area contributed by atoms with Gasteiger partial charge in [-0.05, 0) is 39.2 Å². The van der Waals surface area contributed by atoms with E-state index in [0.717, 1.165) is 19.4 Å². The normalized spacial score (nSPS) is 22.4. The van der Waals surface area contributed by atoms with E-state index in [1.807, 2.05) is 39.0 Å². The Hall–Kier alpha value is -1.55. The minimum Gasteiger partial charge on any atom is -0.444 e. The number of ether oxygens (including phenoxy) is 1. The second-order valence-corrected chi connectivity index (χ2v) is 7.02. The third kappa shape index (κ3) is 4.21. The number of benzene rings is 1. The minimum atomic E-state index is -0.454. The van der Waals surface area contributed by atoms with Gasteiger partial charge in [-0.1, -0.05) is 30.3 Å². The van der Waals surface area contributed by atoms with Gasteiger partial charge in [0, 0.05) is 25.0 Å². The van der Waals surface area contributed by atoms with Crippen LogP contribution in [-0.2, 0) is 11.2 Å². The van der Waals surface area contributed by atoms with Crippen LogP contribution in [0.4, 0.5) is 4.79 Å². The molecule has 21 heavy (non-hydrogen) atoms. The van der Waals surface area contributed by atoms with E-state index in [1.54, 1.807) is 4.90 Å². The third-order valence-electron chi connectivity index (χ3n) is 3.94. The van der Waals surface area contributed by atoms with Crippen LogP contribution in [0.15, 0.2) is 30.3 Å². The lowest BCUT2D eigenvalue weighted by Crippen LogP contribution is -2.40. The molecule has 2 rings (SSSR count). The maximum atomic E-state index is 12.2. The molecule has 2 N–H and O–H groups in total. The number of nitrogens with two attached hydrogens (primary N) is 1. The maximum Gasteiger partial charge on any atom is 0.410 e. The standard InChI is InChI=1S/C17H26N2O2/c1-16(2,3)21-15(20)19-10-9-17(12-18,13-19)11-14-7-5-4-6-8-14/h4-8H,9-13,18H2,1-3H3. The molecule has 1 aromatic rings. The number of rotatable bonds is 3. The van der Waals surface area contributed by atoms with E-state index in [-0.39, 0.29) is 11.5 Å². The van der Waals surface area contributed by atoms with Crippen molar-refractivity contribution in [2.75, 3.05) is 19.6 Å². The Morgan fingerprint density at radius 1 is 1.33 bits per heavy atom. The van der Waals surface area contributed by atoms with E-state index in [9.17, 15) is 4.79 Å². The highest BCUT2D eigenvalue weighted by atomic mass is 16.6. The van der Waals surface area contributed by atoms with Crippen molar-refractivity contribution in [1.82, 2.24) is 4.90 Å². The quantitative estimate of drug-likeness (QED) is 0.931. The molecule has 4 heteroatoms. The number of carbonyl (C=O) groups is 1. The average molecular weight is 290 g/mol. The molecule has 1 saturated heterocycles. The molecule has 0 aromatic heterocycles. The van der Waals surface area contributed by atoms with Crippen LogP contribution in [0.3, 0.4) is 0 Å². The van der Waals surface area contributed by atoms with Crippen molar-refractivity contribution in [2.45, 2.75) is 39.2 Å². The molecule has 1 fully saturated rings. The molecule has 1 aliphatic heterocycles. The Labute approximate surface area is 127 Å². The molecule has 1 aromatic carbocycles. The summed E-state index contributed by atoms with van der Waals surface area (Å²) in [4.78, 5) is 14.0. The van der Waals surface area contributed by atoms with E-state index < -0.39 is 5.60 Å². The predicted molar refractivity (Wildman–Crippen MR) is 84.1 cm³/mol. The zero-order chi connectivity index (χ0) is 15.5. The van der Waals surface area contributed by atoms with Crippen LogP contribution in [0.5, 0.6) is 0 Å². The van der Waals surface area contributed by atoms with E-state index in [2.05, 4.69) is 12.1 Å². The van der Waals surface area contributed by atoms with Crippen molar-refractivity contribution < 1.29 is 9.53 Å². The van der Waals surface area contributed by atoms with Gasteiger partial charge in [-0.2, -0.15) is 0 Å². The molecule has 0 bridgehead atoms. The largest absolute Gasteiger partial charge is 0.444 e. The molecule has 0 radical (unpaired) electrons. The van der Waals surface area contributed by atoms with E-state index in [0.29, 0.717) is 13.1 Å². The molecular weight excluding hydrogens is 264 g/mol. The summed E-state index contributed by atoms with van der Waals surface area (Å²) in [6, 6.07) is 10.3. The highest BCUT2D eigenvalue weighted by Crippen LogP contribution is 2.34. The Kier molecular flexibility index (Phi) is 4.57. The van der Waals surface area contributed by atoms with E-state index in [1.165, 1.54) is 5.56 Å². The Bertz CT molecular complexity index is 481. The summed E-state index contributed by atoms with van der Waals surface area (Å²) in [6.45, 7) is 7.65. The van der Waals surface area contributed by atoms with Gasteiger partial charge in [-0.25, -0.2) is 4.79 Å². The predicted octanol–water partition coefficient (Wildman–Crippen LogP) is 2.82. The fourth-order valence-electron chi connectivity index (χ4n) is 2.83. The van der Waals surface area contributed by atoms with Gasteiger partial charge < -0.3 is 15.4 Å². The van der Waals surface area contributed by atoms with Crippen molar-refractivity contribution in [3.63, 3.8) is 0 Å². The van der Waals surface area contributed by atoms with Crippen molar-refractivity contribution in [1.29, 1.82) is 0 Å². The fourth-order valence-corrected chi connectivity index (χ4v) is 2.83. The topological polar surface area (TPSA) is 55.6 Å². The van der Waals surface area contributed by atoms with Gasteiger partial charge >= 0.3 is 6.09 Å². The second kappa shape index (κ2) is 6.06. The van der Waals surface area contributed by atoms with Gasteiger partial charge in [-0.3, -0.25) is 0 Å². The van der Waals surface area contributed by atoms with Crippen molar-refractivity contribution in [3.05, 3.63) is 35.9 Å². The summed E-state index contributed by atoms with van der Waals surface area (Å²) in [5, 5.41) is 0. The van der Waals surface area contributed by atoms with Gasteiger partial charge in [0.15, 0.2) is 0 Å². The van der Waals surface area contributed by atoms with Gasteiger partial charge in [0.25, 0.3) is 0 Å². The number of hydrogen-bond acceptors (Lipinski definition) is 3. The molecule has 1 unspecified atom stereocenters. The summed E-state index contributed by atoms with van der Waals surface area (Å²) >= 11 is 0. The first-order valence-electron chi connectivity index (χ1n) is 7.56. The van der Waals surface area contributed by atoms with Crippen LogP contribution in [-0.4, -0.2) is 36.2 Å². The van der Waals surface area contributed by atoms with Crippen LogP contribution >= 0.6 is 0 Å². The van der Waals surface area contributed by atoms with Crippen molar-refractivity contribution >= 4 is 6.09 Å². The van der Waals surface area contributed by atoms with Crippen LogP contribution < -0.4 is 5.73 Å². The Balaban J connectivity index is 2.02. The molecule has 0 spiro atoms. The number of hydrogen-bond donors (Lipinski definition) is 1. The van der Waals surface area contributed by atoms with Crippen LogP contribution in [0, 0.1) is 5.41 Å². The Morgan fingerprint density at radius 2 is 2.00 bits per heavy atom. The number of likely N-dealkylation sites (tertiary alicyclic amines) is 1. The summed E-state index contributed by atoms with van der Waals surface area (Å²) in [6.07, 6.45) is 1.60. The Morgan fingerprint density at radius 3 is 2.57 bits per heavy atom. The lowest BCUT2D eigenvalue weighted by molar-refractivity contribution is 0.0274. The molecule has 1 atom stereocenters. The number of nitrogens with zero attached hydrogens (tertiary/aromatic N) is 1. The van der Waals surface area contributed by atoms with Gasteiger partial charge in [0.05, 0.1) is 0 Å². The van der Waals surface area contributed by atoms with Crippen molar-refractivity contribution in [2.24, 2.45) is 11.1 Å².